The first kappa shape index (κ1) is 15.6. The number of furan rings is 1. The standard InChI is InChI=1S/C13H24N2O2S/c1-15(2)10-12-4-5-13(17-12)11-18-9-7-14-6-8-16-3/h4-5,14H,6-11H2,1-3H3. The van der Waals surface area contributed by atoms with Crippen molar-refractivity contribution in [2.24, 2.45) is 0 Å². The van der Waals surface area contributed by atoms with Gasteiger partial charge in [0, 0.05) is 26.0 Å². The van der Waals surface area contributed by atoms with Crippen molar-refractivity contribution in [3.63, 3.8) is 0 Å². The number of methoxy groups -OCH3 is 1. The van der Waals surface area contributed by atoms with E-state index in [0.29, 0.717) is 0 Å². The van der Waals surface area contributed by atoms with E-state index in [1.165, 1.54) is 0 Å². The third-order valence-corrected chi connectivity index (χ3v) is 3.32. The van der Waals surface area contributed by atoms with Crippen LogP contribution in [0.15, 0.2) is 16.5 Å². The van der Waals surface area contributed by atoms with E-state index in [1.807, 2.05) is 25.9 Å². The Morgan fingerprint density at radius 3 is 2.78 bits per heavy atom. The summed E-state index contributed by atoms with van der Waals surface area (Å²) in [7, 11) is 5.81. The second-order valence-electron chi connectivity index (χ2n) is 4.40. The molecular weight excluding hydrogens is 248 g/mol. The van der Waals surface area contributed by atoms with Crippen molar-refractivity contribution in [3.8, 4) is 0 Å². The fourth-order valence-corrected chi connectivity index (χ4v) is 2.30. The van der Waals surface area contributed by atoms with Gasteiger partial charge in [0.25, 0.3) is 0 Å². The van der Waals surface area contributed by atoms with E-state index in [1.54, 1.807) is 7.11 Å². The van der Waals surface area contributed by atoms with Gasteiger partial charge in [0.15, 0.2) is 0 Å². The maximum atomic E-state index is 5.74. The Kier molecular flexibility index (Phi) is 8.17. The summed E-state index contributed by atoms with van der Waals surface area (Å²) >= 11 is 1.89. The molecule has 4 nitrogen and oxygen atoms in total. The van der Waals surface area contributed by atoms with Crippen LogP contribution in [0.5, 0.6) is 0 Å². The molecule has 0 unspecified atom stereocenters. The highest BCUT2D eigenvalue weighted by Crippen LogP contribution is 2.15. The van der Waals surface area contributed by atoms with Crippen LogP contribution in [0.4, 0.5) is 0 Å². The van der Waals surface area contributed by atoms with Crippen LogP contribution >= 0.6 is 11.8 Å². The summed E-state index contributed by atoms with van der Waals surface area (Å²) in [6, 6.07) is 4.14. The van der Waals surface area contributed by atoms with Crippen molar-refractivity contribution in [2.45, 2.75) is 12.3 Å². The van der Waals surface area contributed by atoms with Gasteiger partial charge in [-0.25, -0.2) is 0 Å². The van der Waals surface area contributed by atoms with Gasteiger partial charge in [-0.15, -0.1) is 0 Å². The average molecular weight is 272 g/mol. The molecule has 5 heteroatoms. The summed E-state index contributed by atoms with van der Waals surface area (Å²) in [5, 5.41) is 3.32. The van der Waals surface area contributed by atoms with Gasteiger partial charge in [-0.05, 0) is 26.2 Å². The van der Waals surface area contributed by atoms with E-state index in [4.69, 9.17) is 9.15 Å². The molecule has 0 saturated carbocycles. The molecule has 1 rings (SSSR count). The SMILES string of the molecule is COCCNCCSCc1ccc(CN(C)C)o1. The Labute approximate surface area is 114 Å². The van der Waals surface area contributed by atoms with Crippen LogP contribution in [-0.2, 0) is 17.0 Å². The van der Waals surface area contributed by atoms with Crippen LogP contribution in [0, 0.1) is 0 Å². The minimum atomic E-state index is 0.775. The molecule has 0 aliphatic rings. The Balaban J connectivity index is 2.06. The minimum Gasteiger partial charge on any atom is -0.464 e. The lowest BCUT2D eigenvalue weighted by atomic mass is 10.4. The number of nitrogens with one attached hydrogen (secondary N) is 1. The van der Waals surface area contributed by atoms with Crippen LogP contribution in [0.25, 0.3) is 0 Å². The lowest BCUT2D eigenvalue weighted by Crippen LogP contribution is -2.21. The minimum absolute atomic E-state index is 0.775. The number of nitrogens with zero attached hydrogens (tertiary/aromatic N) is 1. The molecule has 0 saturated heterocycles. The van der Waals surface area contributed by atoms with Gasteiger partial charge in [-0.3, -0.25) is 0 Å². The molecule has 0 aliphatic carbocycles. The molecule has 0 radical (unpaired) electrons. The molecule has 0 spiro atoms. The topological polar surface area (TPSA) is 37.6 Å². The second kappa shape index (κ2) is 9.44. The van der Waals surface area contributed by atoms with Gasteiger partial charge in [-0.2, -0.15) is 11.8 Å². The highest BCUT2D eigenvalue weighted by Gasteiger charge is 2.03. The second-order valence-corrected chi connectivity index (χ2v) is 5.51. The predicted octanol–water partition coefficient (Wildman–Crippen LogP) is 1.81. The zero-order valence-corrected chi connectivity index (χ0v) is 12.4. The number of hydrogen-bond acceptors (Lipinski definition) is 5. The Morgan fingerprint density at radius 1 is 1.28 bits per heavy atom. The zero-order chi connectivity index (χ0) is 13.2. The lowest BCUT2D eigenvalue weighted by Gasteiger charge is -2.06. The van der Waals surface area contributed by atoms with Crippen molar-refractivity contribution in [3.05, 3.63) is 23.7 Å². The number of ether oxygens (including phenoxy) is 1. The molecule has 0 atom stereocenters. The first-order valence-electron chi connectivity index (χ1n) is 6.22. The fourth-order valence-electron chi connectivity index (χ4n) is 1.51. The fraction of sp³-hybridized carbons (Fsp3) is 0.692. The smallest absolute Gasteiger partial charge is 0.118 e. The van der Waals surface area contributed by atoms with E-state index in [9.17, 15) is 0 Å². The van der Waals surface area contributed by atoms with E-state index < -0.39 is 0 Å². The quantitative estimate of drug-likeness (QED) is 0.658. The molecule has 0 amide bonds. The first-order valence-corrected chi connectivity index (χ1v) is 7.37. The summed E-state index contributed by atoms with van der Waals surface area (Å²) in [6.45, 7) is 3.57. The van der Waals surface area contributed by atoms with Crippen molar-refractivity contribution in [2.75, 3.05) is 46.7 Å². The van der Waals surface area contributed by atoms with Gasteiger partial charge >= 0.3 is 0 Å². The molecule has 0 aliphatic heterocycles. The predicted molar refractivity (Wildman–Crippen MR) is 77.0 cm³/mol. The summed E-state index contributed by atoms with van der Waals surface area (Å²) in [6.07, 6.45) is 0. The zero-order valence-electron chi connectivity index (χ0n) is 11.6. The van der Waals surface area contributed by atoms with E-state index >= 15 is 0 Å². The van der Waals surface area contributed by atoms with Crippen molar-refractivity contribution in [1.29, 1.82) is 0 Å². The van der Waals surface area contributed by atoms with Crippen LogP contribution in [0.2, 0.25) is 0 Å². The van der Waals surface area contributed by atoms with E-state index in [-0.39, 0.29) is 0 Å². The third-order valence-electron chi connectivity index (χ3n) is 2.34. The molecule has 1 aromatic rings. The molecule has 0 fully saturated rings. The molecule has 1 N–H and O–H groups in total. The molecule has 1 aromatic heterocycles. The Morgan fingerprint density at radius 2 is 2.06 bits per heavy atom. The summed E-state index contributed by atoms with van der Waals surface area (Å²) in [4.78, 5) is 2.11. The average Bonchev–Trinajstić information content (AvgIpc) is 2.75. The highest BCUT2D eigenvalue weighted by molar-refractivity contribution is 7.98. The first-order chi connectivity index (χ1) is 8.72. The summed E-state index contributed by atoms with van der Waals surface area (Å²) in [5.74, 6) is 4.13. The van der Waals surface area contributed by atoms with Gasteiger partial charge in [0.2, 0.25) is 0 Å². The molecule has 104 valence electrons. The van der Waals surface area contributed by atoms with Crippen LogP contribution in [0.1, 0.15) is 11.5 Å². The molecule has 18 heavy (non-hydrogen) atoms. The third kappa shape index (κ3) is 7.06. The van der Waals surface area contributed by atoms with Crippen LogP contribution in [-0.4, -0.2) is 51.6 Å². The molecule has 0 aromatic carbocycles. The maximum Gasteiger partial charge on any atom is 0.118 e. The molecule has 1 heterocycles. The van der Waals surface area contributed by atoms with Crippen LogP contribution < -0.4 is 5.32 Å². The number of hydrogen-bond donors (Lipinski definition) is 1. The Bertz CT molecular complexity index is 316. The van der Waals surface area contributed by atoms with E-state index in [2.05, 4.69) is 22.3 Å². The Hall–Kier alpha value is -0.490. The summed E-state index contributed by atoms with van der Waals surface area (Å²) in [5.41, 5.74) is 0. The normalized spacial score (nSPS) is 11.3. The van der Waals surface area contributed by atoms with Gasteiger partial charge in [0.1, 0.15) is 11.5 Å². The number of thioether (sulfide) groups is 1. The van der Waals surface area contributed by atoms with E-state index in [0.717, 1.165) is 49.3 Å². The molecular formula is C13H24N2O2S. The largest absolute Gasteiger partial charge is 0.464 e. The molecule has 0 bridgehead atoms. The van der Waals surface area contributed by atoms with Gasteiger partial charge in [0.05, 0.1) is 18.9 Å². The van der Waals surface area contributed by atoms with Crippen molar-refractivity contribution in [1.82, 2.24) is 10.2 Å². The number of rotatable bonds is 10. The van der Waals surface area contributed by atoms with Crippen molar-refractivity contribution < 1.29 is 9.15 Å². The van der Waals surface area contributed by atoms with Crippen molar-refractivity contribution >= 4 is 11.8 Å². The van der Waals surface area contributed by atoms with Gasteiger partial charge < -0.3 is 19.4 Å². The highest BCUT2D eigenvalue weighted by atomic mass is 32.2. The lowest BCUT2D eigenvalue weighted by molar-refractivity contribution is 0.200. The maximum absolute atomic E-state index is 5.74. The van der Waals surface area contributed by atoms with Gasteiger partial charge in [-0.1, -0.05) is 0 Å². The van der Waals surface area contributed by atoms with Crippen LogP contribution in [0.3, 0.4) is 0 Å². The summed E-state index contributed by atoms with van der Waals surface area (Å²) < 4.78 is 10.7. The monoisotopic (exact) mass is 272 g/mol.